The zero-order valence-electron chi connectivity index (χ0n) is 42.4. The van der Waals surface area contributed by atoms with E-state index >= 15 is 0 Å². The third kappa shape index (κ3) is 9.09. The maximum absolute atomic E-state index is 6.69. The Morgan fingerprint density at radius 1 is 0.472 bits per heavy atom. The molecule has 0 saturated heterocycles. The summed E-state index contributed by atoms with van der Waals surface area (Å²) in [7, 11) is 0. The van der Waals surface area contributed by atoms with E-state index in [9.17, 15) is 0 Å². The van der Waals surface area contributed by atoms with E-state index in [1.54, 1.807) is 0 Å². The Hall–Kier alpha value is -7.42. The van der Waals surface area contributed by atoms with Crippen molar-refractivity contribution in [2.24, 2.45) is 0 Å². The van der Waals surface area contributed by atoms with Gasteiger partial charge in [-0.25, -0.2) is 4.98 Å². The molecule has 1 aliphatic heterocycles. The number of benzene rings is 8. The quantitative estimate of drug-likeness (QED) is 0.112. The molecule has 0 spiro atoms. The zero-order valence-corrected chi connectivity index (χ0v) is 44.7. The molecule has 0 amide bonds. The molecule has 0 aliphatic carbocycles. The third-order valence-corrected chi connectivity index (χ3v) is 13.8. The number of ether oxygens (including phenoxy) is 1. The molecule has 0 bridgehead atoms. The van der Waals surface area contributed by atoms with Gasteiger partial charge in [-0.05, 0) is 95.5 Å². The van der Waals surface area contributed by atoms with E-state index < -0.39 is 0 Å². The molecule has 0 N–H and O–H groups in total. The summed E-state index contributed by atoms with van der Waals surface area (Å²) in [6.45, 7) is 20.2. The van der Waals surface area contributed by atoms with Crippen LogP contribution in [0.2, 0.25) is 0 Å². The van der Waals surface area contributed by atoms with E-state index in [1.807, 2.05) is 24.4 Å². The van der Waals surface area contributed by atoms with Crippen LogP contribution >= 0.6 is 0 Å². The van der Waals surface area contributed by atoms with Crippen LogP contribution in [0, 0.1) is 12.1 Å². The molecule has 6 heteroatoms. The molecule has 2 aromatic heterocycles. The van der Waals surface area contributed by atoms with Crippen LogP contribution in [0.5, 0.6) is 11.5 Å². The van der Waals surface area contributed by atoms with Crippen molar-refractivity contribution in [1.29, 1.82) is 0 Å². The molecule has 0 atom stereocenters. The van der Waals surface area contributed by atoms with Crippen LogP contribution in [0.15, 0.2) is 188 Å². The molecule has 5 nitrogen and oxygen atoms in total. The average Bonchev–Trinajstić information content (AvgIpc) is 3.92. The smallest absolute Gasteiger partial charge is 0.509 e. The van der Waals surface area contributed by atoms with Gasteiger partial charge in [-0.1, -0.05) is 194 Å². The molecule has 0 saturated carbocycles. The van der Waals surface area contributed by atoms with Crippen LogP contribution in [0.1, 0.15) is 79.0 Å². The first-order valence-electron chi connectivity index (χ1n) is 24.6. The van der Waals surface area contributed by atoms with Crippen molar-refractivity contribution in [2.45, 2.75) is 78.6 Å². The van der Waals surface area contributed by atoms with Crippen molar-refractivity contribution >= 4 is 50.6 Å². The molecule has 3 heterocycles. The first-order chi connectivity index (χ1) is 34.1. The van der Waals surface area contributed by atoms with Crippen LogP contribution < -0.4 is 13.9 Å². The molecule has 356 valence electrons. The van der Waals surface area contributed by atoms with Gasteiger partial charge in [-0.3, -0.25) is 0 Å². The van der Waals surface area contributed by atoms with Crippen LogP contribution in [0.4, 0.5) is 22.7 Å². The SMILES string of the molecule is CC(C)(C)c1ccc(-c2ccc(-c3cccc(-c4ccc(C(C)(C)C)cc4)c3[N+]3=C=[N+](c4[c-]c(Oc5[c-]c6c(cc5)c5ccccc5n6-c5cc(C(C)(C)C)ccn5)ccc4)c4ccccc43)cc2)cc1.[Pt+2]. The summed E-state index contributed by atoms with van der Waals surface area (Å²) in [5.41, 5.74) is 16.6. The van der Waals surface area contributed by atoms with Crippen LogP contribution in [-0.4, -0.2) is 15.6 Å². The second-order valence-electron chi connectivity index (χ2n) is 21.8. The average molecular weight is 1120 g/mol. The maximum Gasteiger partial charge on any atom is 2.00 e. The summed E-state index contributed by atoms with van der Waals surface area (Å²) < 4.78 is 13.2. The van der Waals surface area contributed by atoms with Gasteiger partial charge >= 0.3 is 27.1 Å². The van der Waals surface area contributed by atoms with E-state index in [0.29, 0.717) is 11.5 Å². The predicted octanol–water partition coefficient (Wildman–Crippen LogP) is 17.3. The Morgan fingerprint density at radius 2 is 1.00 bits per heavy atom. The topological polar surface area (TPSA) is 33.1 Å². The number of aromatic nitrogens is 2. The van der Waals surface area contributed by atoms with Crippen LogP contribution in [-0.2, 0) is 37.3 Å². The Bertz CT molecular complexity index is 3740. The Labute approximate surface area is 438 Å². The zero-order chi connectivity index (χ0) is 49.2. The number of para-hydroxylation sites is 4. The molecule has 0 fully saturated rings. The first-order valence-corrected chi connectivity index (χ1v) is 24.6. The number of rotatable bonds is 8. The second-order valence-corrected chi connectivity index (χ2v) is 21.8. The fraction of sp³-hybridized carbons (Fsp3) is 0.182. The fourth-order valence-corrected chi connectivity index (χ4v) is 9.73. The van der Waals surface area contributed by atoms with Crippen molar-refractivity contribution in [3.8, 4) is 50.7 Å². The van der Waals surface area contributed by atoms with Gasteiger partial charge in [0.25, 0.3) is 11.4 Å². The van der Waals surface area contributed by atoms with Gasteiger partial charge in [0.05, 0.1) is 11.1 Å². The number of hydrogen-bond donors (Lipinski definition) is 0. The Balaban J connectivity index is 0.00000596. The minimum Gasteiger partial charge on any atom is -0.509 e. The molecule has 0 radical (unpaired) electrons. The van der Waals surface area contributed by atoms with Gasteiger partial charge in [0.15, 0.2) is 0 Å². The Kier molecular flexibility index (Phi) is 12.5. The van der Waals surface area contributed by atoms with Crippen LogP contribution in [0.3, 0.4) is 0 Å². The molecule has 0 unspecified atom stereocenters. The van der Waals surface area contributed by atoms with Gasteiger partial charge in [-0.15, -0.1) is 23.6 Å². The van der Waals surface area contributed by atoms with Gasteiger partial charge in [0.1, 0.15) is 11.5 Å². The summed E-state index contributed by atoms with van der Waals surface area (Å²) in [6, 6.07) is 76.1. The molecule has 72 heavy (non-hydrogen) atoms. The largest absolute Gasteiger partial charge is 2.00 e. The fourth-order valence-electron chi connectivity index (χ4n) is 9.73. The van der Waals surface area contributed by atoms with E-state index in [-0.39, 0.29) is 37.3 Å². The summed E-state index contributed by atoms with van der Waals surface area (Å²) >= 11 is 0. The standard InChI is InChI=1S/C66H58N4O.Pt/c1-64(2,3)48-32-28-45(29-33-48)44-24-26-46(27-25-44)54-19-15-20-55(47-30-34-49(35-31-47)65(4,5)6)63(54)69-43-68(59-22-12-13-23-60(59)69)51-16-14-17-52(41-51)71-53-36-37-57-56-18-10-11-21-58(56)70(61(57)42-53)62-40-50(38-39-67-62)66(7,8)9;/h10-40H,1-9H3;/q;+2. The van der Waals surface area contributed by atoms with Gasteiger partial charge < -0.3 is 9.30 Å². The number of fused-ring (bicyclic) bond motifs is 4. The van der Waals surface area contributed by atoms with Gasteiger partial charge in [0, 0.05) is 35.3 Å². The van der Waals surface area contributed by atoms with Crippen molar-refractivity contribution in [3.63, 3.8) is 0 Å². The molecular formula is C66H58N4OPt+2. The van der Waals surface area contributed by atoms with Crippen LogP contribution in [0.25, 0.3) is 61.0 Å². The first kappa shape index (κ1) is 48.2. The Morgan fingerprint density at radius 3 is 1.62 bits per heavy atom. The summed E-state index contributed by atoms with van der Waals surface area (Å²) in [5, 5.41) is 2.22. The van der Waals surface area contributed by atoms with Crippen molar-refractivity contribution in [3.05, 3.63) is 217 Å². The van der Waals surface area contributed by atoms with E-state index in [2.05, 4.69) is 258 Å². The van der Waals surface area contributed by atoms with E-state index in [1.165, 1.54) is 27.8 Å². The monoisotopic (exact) mass is 1120 g/mol. The molecule has 11 rings (SSSR count). The number of pyridine rings is 1. The third-order valence-electron chi connectivity index (χ3n) is 13.8. The maximum atomic E-state index is 6.69. The molecular weight excluding hydrogens is 1060 g/mol. The molecule has 10 aromatic rings. The minimum absolute atomic E-state index is 0. The van der Waals surface area contributed by atoms with Gasteiger partial charge in [-0.2, -0.15) is 12.1 Å². The van der Waals surface area contributed by atoms with Crippen molar-refractivity contribution in [2.75, 3.05) is 0 Å². The van der Waals surface area contributed by atoms with Gasteiger partial charge in [0.2, 0.25) is 5.69 Å². The number of nitrogens with zero attached hydrogens (tertiary/aromatic N) is 4. The summed E-state index contributed by atoms with van der Waals surface area (Å²) in [4.78, 5) is 4.87. The molecule has 1 aliphatic rings. The summed E-state index contributed by atoms with van der Waals surface area (Å²) in [5.74, 6) is 2.00. The normalized spacial score (nSPS) is 12.6. The number of hydrogen-bond acceptors (Lipinski definition) is 2. The predicted molar refractivity (Wildman–Crippen MR) is 296 cm³/mol. The minimum atomic E-state index is -0.0341. The van der Waals surface area contributed by atoms with E-state index in [0.717, 1.165) is 72.6 Å². The van der Waals surface area contributed by atoms with E-state index in [4.69, 9.17) is 9.72 Å². The van der Waals surface area contributed by atoms with Crippen molar-refractivity contribution < 1.29 is 25.8 Å². The molecule has 8 aromatic carbocycles. The second kappa shape index (κ2) is 18.6. The summed E-state index contributed by atoms with van der Waals surface area (Å²) in [6.07, 6.45) is 1.90. The van der Waals surface area contributed by atoms with Crippen molar-refractivity contribution in [1.82, 2.24) is 18.7 Å².